The summed E-state index contributed by atoms with van der Waals surface area (Å²) in [7, 11) is 0. The molecule has 4 aromatic carbocycles. The Kier molecular flexibility index (Phi) is 9.33. The molecule has 42 heavy (non-hydrogen) atoms. The average Bonchev–Trinajstić information content (AvgIpc) is 2.96. The van der Waals surface area contributed by atoms with E-state index in [0.29, 0.717) is 42.7 Å². The van der Waals surface area contributed by atoms with Crippen LogP contribution >= 0.6 is 55.1 Å². The summed E-state index contributed by atoms with van der Waals surface area (Å²) in [6.45, 7) is 0.552. The van der Waals surface area contributed by atoms with Crippen molar-refractivity contribution in [3.63, 3.8) is 0 Å². The van der Waals surface area contributed by atoms with Crippen LogP contribution in [0, 0.1) is 0 Å². The van der Waals surface area contributed by atoms with Crippen molar-refractivity contribution < 1.29 is 23.9 Å². The van der Waals surface area contributed by atoms with Crippen LogP contribution in [0.15, 0.2) is 99.4 Å². The molecule has 0 saturated carbocycles. The van der Waals surface area contributed by atoms with Gasteiger partial charge in [0, 0.05) is 15.6 Å². The molecule has 4 amide bonds. The number of carbonyl (C=O) groups excluding carboxylic acids is 3. The molecule has 0 aromatic heterocycles. The summed E-state index contributed by atoms with van der Waals surface area (Å²) in [5.41, 5.74) is 2.35. The minimum atomic E-state index is -0.841. The first-order valence-corrected chi connectivity index (χ1v) is 14.8. The number of ether oxygens (including phenoxy) is 2. The van der Waals surface area contributed by atoms with Crippen molar-refractivity contribution in [2.75, 3.05) is 4.90 Å². The molecule has 4 aromatic rings. The fraction of sp³-hybridized carbons (Fsp3) is 0.0645. The lowest BCUT2D eigenvalue weighted by Gasteiger charge is -2.26. The van der Waals surface area contributed by atoms with E-state index in [0.717, 1.165) is 16.0 Å². The largest absolute Gasteiger partial charge is 0.489 e. The quantitative estimate of drug-likeness (QED) is 0.146. The Morgan fingerprint density at radius 2 is 1.50 bits per heavy atom. The Bertz CT molecular complexity index is 1690. The first-order chi connectivity index (χ1) is 20.2. The zero-order chi connectivity index (χ0) is 29.8. The van der Waals surface area contributed by atoms with E-state index in [9.17, 15) is 14.4 Å². The van der Waals surface area contributed by atoms with Crippen LogP contribution < -0.4 is 19.7 Å². The molecule has 1 N–H and O–H groups in total. The zero-order valence-electron chi connectivity index (χ0n) is 21.6. The van der Waals surface area contributed by atoms with Crippen molar-refractivity contribution in [2.45, 2.75) is 13.2 Å². The van der Waals surface area contributed by atoms with Gasteiger partial charge in [0.05, 0.1) is 14.6 Å². The molecular weight excluding hydrogens is 711 g/mol. The van der Waals surface area contributed by atoms with E-state index in [1.807, 2.05) is 30.3 Å². The first-order valence-electron chi connectivity index (χ1n) is 12.4. The van der Waals surface area contributed by atoms with Crippen molar-refractivity contribution in [1.29, 1.82) is 0 Å². The van der Waals surface area contributed by atoms with E-state index < -0.39 is 17.8 Å². The first kappa shape index (κ1) is 29.8. The number of urea groups is 1. The van der Waals surface area contributed by atoms with E-state index in [4.69, 9.17) is 32.7 Å². The van der Waals surface area contributed by atoms with E-state index in [1.54, 1.807) is 54.6 Å². The molecule has 0 atom stereocenters. The summed E-state index contributed by atoms with van der Waals surface area (Å²) in [5, 5.41) is 3.24. The van der Waals surface area contributed by atoms with Crippen LogP contribution in [-0.2, 0) is 22.8 Å². The van der Waals surface area contributed by atoms with Crippen LogP contribution in [0.3, 0.4) is 0 Å². The van der Waals surface area contributed by atoms with Gasteiger partial charge < -0.3 is 9.47 Å². The number of benzene rings is 4. The number of imide groups is 2. The van der Waals surface area contributed by atoms with Crippen LogP contribution in [0.25, 0.3) is 6.08 Å². The third-order valence-corrected chi connectivity index (χ3v) is 7.93. The lowest BCUT2D eigenvalue weighted by molar-refractivity contribution is -0.122. The number of hydrogen-bond acceptors (Lipinski definition) is 5. The third kappa shape index (κ3) is 6.87. The van der Waals surface area contributed by atoms with Crippen molar-refractivity contribution in [1.82, 2.24) is 5.32 Å². The molecule has 1 aliphatic heterocycles. The smallest absolute Gasteiger partial charge is 0.335 e. The van der Waals surface area contributed by atoms with E-state index in [1.165, 1.54) is 6.08 Å². The minimum Gasteiger partial charge on any atom is -0.489 e. The number of nitrogens with zero attached hydrogens (tertiary/aromatic N) is 1. The van der Waals surface area contributed by atoms with Gasteiger partial charge in [0.2, 0.25) is 0 Å². The van der Waals surface area contributed by atoms with Crippen LogP contribution in [0.5, 0.6) is 11.5 Å². The monoisotopic (exact) mass is 728 g/mol. The number of anilines is 1. The maximum absolute atomic E-state index is 13.4. The number of carbonyl (C=O) groups is 3. The fourth-order valence-corrected chi connectivity index (χ4v) is 5.99. The van der Waals surface area contributed by atoms with Gasteiger partial charge in [0.25, 0.3) is 11.8 Å². The number of hydrogen-bond donors (Lipinski definition) is 1. The summed E-state index contributed by atoms with van der Waals surface area (Å²) in [4.78, 5) is 39.6. The Hall–Kier alpha value is -3.63. The standard InChI is InChI=1S/C31H20Br2Cl2N2O5/c32-25-13-19(14-26(33)28(25)42-17-20-6-7-21(34)15-27(20)35)12-24-29(38)36-31(40)37(30(24)39)22-8-10-23(11-9-22)41-16-18-4-2-1-3-5-18/h1-15H,16-17H2,(H,36,38,40)/b24-12+. The predicted octanol–water partition coefficient (Wildman–Crippen LogP) is 8.34. The second-order valence-electron chi connectivity index (χ2n) is 9.06. The van der Waals surface area contributed by atoms with Gasteiger partial charge in [-0.05, 0) is 97.6 Å². The maximum Gasteiger partial charge on any atom is 0.335 e. The highest BCUT2D eigenvalue weighted by molar-refractivity contribution is 9.11. The number of halogens is 4. The van der Waals surface area contributed by atoms with E-state index in [-0.39, 0.29) is 17.9 Å². The minimum absolute atomic E-state index is 0.182. The number of amides is 4. The molecule has 0 bridgehead atoms. The Morgan fingerprint density at radius 3 is 2.17 bits per heavy atom. The molecule has 1 fully saturated rings. The van der Waals surface area contributed by atoms with Crippen molar-refractivity contribution in [3.05, 3.63) is 126 Å². The van der Waals surface area contributed by atoms with E-state index in [2.05, 4.69) is 37.2 Å². The highest BCUT2D eigenvalue weighted by Crippen LogP contribution is 2.37. The van der Waals surface area contributed by atoms with Crippen LogP contribution in [0.1, 0.15) is 16.7 Å². The Labute approximate surface area is 268 Å². The summed E-state index contributed by atoms with van der Waals surface area (Å²) in [6.07, 6.45) is 1.41. The van der Waals surface area contributed by atoms with Gasteiger partial charge in [-0.15, -0.1) is 0 Å². The second-order valence-corrected chi connectivity index (χ2v) is 11.6. The molecule has 7 nitrogen and oxygen atoms in total. The molecule has 1 aliphatic rings. The summed E-state index contributed by atoms with van der Waals surface area (Å²) < 4.78 is 12.9. The molecule has 1 saturated heterocycles. The molecule has 0 spiro atoms. The lowest BCUT2D eigenvalue weighted by Crippen LogP contribution is -2.54. The topological polar surface area (TPSA) is 84.9 Å². The molecule has 11 heteroatoms. The fourth-order valence-electron chi connectivity index (χ4n) is 4.08. The van der Waals surface area contributed by atoms with Crippen LogP contribution in [0.2, 0.25) is 10.0 Å². The molecule has 0 radical (unpaired) electrons. The zero-order valence-corrected chi connectivity index (χ0v) is 26.3. The molecular formula is C31H20Br2Cl2N2O5. The number of barbiturate groups is 1. The van der Waals surface area contributed by atoms with Crippen molar-refractivity contribution in [3.8, 4) is 11.5 Å². The molecule has 212 valence electrons. The van der Waals surface area contributed by atoms with Crippen LogP contribution in [-0.4, -0.2) is 17.8 Å². The Morgan fingerprint density at radius 1 is 0.810 bits per heavy atom. The average molecular weight is 731 g/mol. The van der Waals surface area contributed by atoms with Gasteiger partial charge in [-0.1, -0.05) is 59.6 Å². The molecule has 1 heterocycles. The van der Waals surface area contributed by atoms with Crippen molar-refractivity contribution >= 4 is 84.7 Å². The SMILES string of the molecule is O=C1NC(=O)N(c2ccc(OCc3ccccc3)cc2)C(=O)/C1=C/c1cc(Br)c(OCc2ccc(Cl)cc2Cl)c(Br)c1. The lowest BCUT2D eigenvalue weighted by atomic mass is 10.1. The van der Waals surface area contributed by atoms with Gasteiger partial charge in [0.1, 0.15) is 30.3 Å². The normalized spacial score (nSPS) is 14.2. The van der Waals surface area contributed by atoms with Gasteiger partial charge >= 0.3 is 6.03 Å². The number of nitrogens with one attached hydrogen (secondary N) is 1. The summed E-state index contributed by atoms with van der Waals surface area (Å²) in [6, 6.07) is 23.8. The third-order valence-electron chi connectivity index (χ3n) is 6.16. The van der Waals surface area contributed by atoms with E-state index >= 15 is 0 Å². The Balaban J connectivity index is 1.33. The van der Waals surface area contributed by atoms with Gasteiger partial charge in [0.15, 0.2) is 0 Å². The second kappa shape index (κ2) is 13.1. The van der Waals surface area contributed by atoms with Crippen molar-refractivity contribution in [2.24, 2.45) is 0 Å². The maximum atomic E-state index is 13.4. The highest BCUT2D eigenvalue weighted by Gasteiger charge is 2.37. The van der Waals surface area contributed by atoms with Gasteiger partial charge in [-0.2, -0.15) is 0 Å². The van der Waals surface area contributed by atoms with Crippen LogP contribution in [0.4, 0.5) is 10.5 Å². The summed E-state index contributed by atoms with van der Waals surface area (Å²) >= 11 is 19.2. The highest BCUT2D eigenvalue weighted by atomic mass is 79.9. The predicted molar refractivity (Wildman–Crippen MR) is 169 cm³/mol. The number of rotatable bonds is 8. The van der Waals surface area contributed by atoms with Gasteiger partial charge in [-0.25, -0.2) is 9.69 Å². The summed E-state index contributed by atoms with van der Waals surface area (Å²) in [5.74, 6) is -0.496. The molecule has 0 unspecified atom stereocenters. The van der Waals surface area contributed by atoms with Gasteiger partial charge in [-0.3, -0.25) is 14.9 Å². The molecule has 0 aliphatic carbocycles. The molecule has 5 rings (SSSR count).